The second-order valence-electron chi connectivity index (χ2n) is 10.1. The van der Waals surface area contributed by atoms with Crippen molar-refractivity contribution in [2.45, 2.75) is 38.3 Å². The first-order valence-electron chi connectivity index (χ1n) is 12.2. The van der Waals surface area contributed by atoms with Crippen LogP contribution in [0.25, 0.3) is 11.0 Å². The lowest BCUT2D eigenvalue weighted by atomic mass is 9.79. The molecule has 0 saturated heterocycles. The summed E-state index contributed by atoms with van der Waals surface area (Å²) in [4.78, 5) is 55.7. The zero-order valence-electron chi connectivity index (χ0n) is 20.2. The van der Waals surface area contributed by atoms with Gasteiger partial charge >= 0.3 is 5.69 Å². The van der Waals surface area contributed by atoms with Gasteiger partial charge in [0, 0.05) is 17.4 Å². The first kappa shape index (κ1) is 22.7. The van der Waals surface area contributed by atoms with E-state index in [-0.39, 0.29) is 30.8 Å². The Hall–Kier alpha value is -4.44. The van der Waals surface area contributed by atoms with Gasteiger partial charge in [-0.25, -0.2) is 9.78 Å². The number of pyridine rings is 1. The molecule has 3 N–H and O–H groups in total. The quantitative estimate of drug-likeness (QED) is 0.377. The van der Waals surface area contributed by atoms with Crippen LogP contribution >= 0.6 is 11.6 Å². The number of aromatic nitrogens is 3. The molecule has 4 aromatic rings. The number of halogens is 1. The molecule has 0 radical (unpaired) electrons. The third kappa shape index (κ3) is 3.10. The first-order valence-corrected chi connectivity index (χ1v) is 12.5. The van der Waals surface area contributed by atoms with Crippen LogP contribution in [0.3, 0.4) is 0 Å². The van der Waals surface area contributed by atoms with Crippen LogP contribution in [-0.2, 0) is 45.7 Å². The smallest absolute Gasteiger partial charge is 0.325 e. The lowest BCUT2D eigenvalue weighted by Gasteiger charge is -2.20. The highest BCUT2D eigenvalue weighted by Gasteiger charge is 2.51. The summed E-state index contributed by atoms with van der Waals surface area (Å²) < 4.78 is 2.70. The molecule has 2 aromatic heterocycles. The van der Waals surface area contributed by atoms with Gasteiger partial charge < -0.3 is 16.0 Å². The average molecular weight is 529 g/mol. The van der Waals surface area contributed by atoms with Crippen LogP contribution in [0, 0.1) is 6.92 Å². The summed E-state index contributed by atoms with van der Waals surface area (Å²) in [5.74, 6) is -0.201. The molecule has 11 heteroatoms. The number of nitrogens with zero attached hydrogens (tertiary/aromatic N) is 3. The van der Waals surface area contributed by atoms with Gasteiger partial charge in [0.1, 0.15) is 18.9 Å². The highest BCUT2D eigenvalue weighted by Crippen LogP contribution is 2.47. The number of hydrogen-bond acceptors (Lipinski definition) is 5. The molecule has 38 heavy (non-hydrogen) atoms. The molecule has 1 unspecified atom stereocenters. The van der Waals surface area contributed by atoms with E-state index in [1.54, 1.807) is 25.3 Å². The minimum absolute atomic E-state index is 0.0659. The summed E-state index contributed by atoms with van der Waals surface area (Å²) in [6.07, 6.45) is 2.73. The van der Waals surface area contributed by atoms with Crippen molar-refractivity contribution in [1.29, 1.82) is 0 Å². The molecule has 4 heterocycles. The molecule has 10 nitrogen and oxygen atoms in total. The van der Waals surface area contributed by atoms with Crippen LogP contribution in [0.1, 0.15) is 22.3 Å². The van der Waals surface area contributed by atoms with Crippen molar-refractivity contribution < 1.29 is 14.4 Å². The lowest BCUT2D eigenvalue weighted by Crippen LogP contribution is -2.35. The van der Waals surface area contributed by atoms with Gasteiger partial charge in [0.05, 0.1) is 27.2 Å². The fourth-order valence-corrected chi connectivity index (χ4v) is 6.21. The number of fused-ring (bicyclic) bond motifs is 3. The molecule has 0 saturated carbocycles. The minimum atomic E-state index is -0.696. The first-order chi connectivity index (χ1) is 18.2. The van der Waals surface area contributed by atoms with Crippen molar-refractivity contribution in [3.8, 4) is 0 Å². The van der Waals surface area contributed by atoms with E-state index in [9.17, 15) is 19.2 Å². The van der Waals surface area contributed by atoms with Gasteiger partial charge in [-0.2, -0.15) is 0 Å². The fraction of sp³-hybridized carbons (Fsp3) is 0.222. The Kier molecular flexibility index (Phi) is 4.66. The fourth-order valence-electron chi connectivity index (χ4n) is 6.01. The monoisotopic (exact) mass is 528 g/mol. The number of rotatable bonds is 3. The Balaban J connectivity index is 1.17. The van der Waals surface area contributed by atoms with Gasteiger partial charge in [0.15, 0.2) is 0 Å². The maximum Gasteiger partial charge on any atom is 0.330 e. The Bertz CT molecular complexity index is 1820. The topological polar surface area (TPSA) is 127 Å². The Morgan fingerprint density at radius 3 is 2.79 bits per heavy atom. The number of nitrogens with one attached hydrogen (secondary N) is 3. The molecule has 1 spiro atoms. The molecule has 7 rings (SSSR count). The Morgan fingerprint density at radius 2 is 1.95 bits per heavy atom. The molecule has 1 atom stereocenters. The van der Waals surface area contributed by atoms with E-state index in [0.717, 1.165) is 16.7 Å². The summed E-state index contributed by atoms with van der Waals surface area (Å²) in [6.45, 7) is 1.40. The molecule has 3 aliphatic rings. The maximum atomic E-state index is 13.2. The molecule has 2 aromatic carbocycles. The van der Waals surface area contributed by atoms with E-state index >= 15 is 0 Å². The number of anilines is 3. The second kappa shape index (κ2) is 7.78. The number of benzene rings is 2. The van der Waals surface area contributed by atoms with Gasteiger partial charge in [0.2, 0.25) is 17.7 Å². The number of amides is 3. The van der Waals surface area contributed by atoms with E-state index < -0.39 is 11.1 Å². The predicted molar refractivity (Wildman–Crippen MR) is 142 cm³/mol. The Labute approximate surface area is 220 Å². The second-order valence-corrected chi connectivity index (χ2v) is 10.5. The lowest BCUT2D eigenvalue weighted by molar-refractivity contribution is -0.120. The van der Waals surface area contributed by atoms with Crippen LogP contribution in [0.2, 0.25) is 5.02 Å². The molecule has 2 aliphatic heterocycles. The van der Waals surface area contributed by atoms with Gasteiger partial charge in [-0.05, 0) is 60.7 Å². The van der Waals surface area contributed by atoms with Gasteiger partial charge in [-0.1, -0.05) is 23.7 Å². The standard InChI is InChI=1S/C27H21ClN6O4/c1-13-7-18-23-22(21(13)28)31-20(36)12-34(23)26(38)33(18)11-19(35)30-16-5-4-14-9-27(10-15(14)8-16)17-3-2-6-29-24(17)32-25(27)37/h2-8H,9-12H2,1H3,(H,30,35)(H,31,36)(H,29,32,37). The van der Waals surface area contributed by atoms with Crippen molar-refractivity contribution >= 4 is 57.5 Å². The molecular formula is C27H21ClN6O4. The van der Waals surface area contributed by atoms with E-state index in [4.69, 9.17) is 11.6 Å². The van der Waals surface area contributed by atoms with Crippen LogP contribution < -0.4 is 21.6 Å². The highest BCUT2D eigenvalue weighted by molar-refractivity contribution is 6.36. The predicted octanol–water partition coefficient (Wildman–Crippen LogP) is 2.74. The third-order valence-corrected chi connectivity index (χ3v) is 8.24. The maximum absolute atomic E-state index is 13.2. The number of hydrogen-bond donors (Lipinski definition) is 3. The number of imidazole rings is 1. The van der Waals surface area contributed by atoms with Crippen LogP contribution in [0.15, 0.2) is 47.4 Å². The molecular weight excluding hydrogens is 508 g/mol. The molecule has 0 bridgehead atoms. The van der Waals surface area contributed by atoms with Crippen molar-refractivity contribution in [1.82, 2.24) is 14.1 Å². The third-order valence-electron chi connectivity index (χ3n) is 7.75. The van der Waals surface area contributed by atoms with E-state index in [1.807, 2.05) is 24.3 Å². The number of carbonyl (C=O) groups excluding carboxylic acids is 3. The zero-order chi connectivity index (χ0) is 26.3. The minimum Gasteiger partial charge on any atom is -0.325 e. The van der Waals surface area contributed by atoms with Gasteiger partial charge in [-0.3, -0.25) is 23.5 Å². The number of aryl methyl sites for hydroxylation is 1. The summed E-state index contributed by atoms with van der Waals surface area (Å²) in [6, 6.07) is 11.1. The van der Waals surface area contributed by atoms with E-state index in [1.165, 1.54) is 9.13 Å². The van der Waals surface area contributed by atoms with Gasteiger partial charge in [-0.15, -0.1) is 0 Å². The number of carbonyl (C=O) groups is 3. The average Bonchev–Trinajstić information content (AvgIpc) is 3.49. The van der Waals surface area contributed by atoms with Gasteiger partial charge in [0.25, 0.3) is 0 Å². The normalized spacial score (nSPS) is 18.9. The molecule has 1 aliphatic carbocycles. The zero-order valence-corrected chi connectivity index (χ0v) is 21.0. The summed E-state index contributed by atoms with van der Waals surface area (Å²) in [5.41, 5.74) is 4.44. The summed E-state index contributed by atoms with van der Waals surface area (Å²) >= 11 is 6.40. The Morgan fingerprint density at radius 1 is 1.13 bits per heavy atom. The highest BCUT2D eigenvalue weighted by atomic mass is 35.5. The van der Waals surface area contributed by atoms with E-state index in [2.05, 4.69) is 20.9 Å². The molecule has 0 fully saturated rings. The van der Waals surface area contributed by atoms with Crippen molar-refractivity contribution in [3.63, 3.8) is 0 Å². The SMILES string of the molecule is Cc1cc2c3c(c1Cl)NC(=O)Cn3c(=O)n2CC(=O)Nc1ccc2c(c1)CC1(C2)C(=O)Nc2ncccc21. The van der Waals surface area contributed by atoms with Crippen molar-refractivity contribution in [3.05, 3.63) is 80.4 Å². The summed E-state index contributed by atoms with van der Waals surface area (Å²) in [5, 5.41) is 8.89. The molecule has 3 amide bonds. The van der Waals surface area contributed by atoms with Crippen LogP contribution in [0.4, 0.5) is 17.2 Å². The summed E-state index contributed by atoms with van der Waals surface area (Å²) in [7, 11) is 0. The largest absolute Gasteiger partial charge is 0.330 e. The van der Waals surface area contributed by atoms with E-state index in [0.29, 0.717) is 51.7 Å². The molecule has 190 valence electrons. The van der Waals surface area contributed by atoms with Crippen LogP contribution in [0.5, 0.6) is 0 Å². The van der Waals surface area contributed by atoms with Crippen molar-refractivity contribution in [2.24, 2.45) is 0 Å². The van der Waals surface area contributed by atoms with Crippen LogP contribution in [-0.4, -0.2) is 31.8 Å². The van der Waals surface area contributed by atoms with Crippen molar-refractivity contribution in [2.75, 3.05) is 16.0 Å².